The predicted molar refractivity (Wildman–Crippen MR) is 109 cm³/mol. The Labute approximate surface area is 181 Å². The predicted octanol–water partition coefficient (Wildman–Crippen LogP) is 2.11. The summed E-state index contributed by atoms with van der Waals surface area (Å²) in [7, 11) is 0. The van der Waals surface area contributed by atoms with Gasteiger partial charge in [0.15, 0.2) is 0 Å². The fourth-order valence-corrected chi connectivity index (χ4v) is 1.93. The van der Waals surface area contributed by atoms with Gasteiger partial charge in [0.05, 0.1) is 23.1 Å². The van der Waals surface area contributed by atoms with Crippen molar-refractivity contribution in [2.45, 2.75) is 6.92 Å². The molecule has 0 saturated carbocycles. The minimum atomic E-state index is 0. The molecule has 0 aromatic carbocycles. The van der Waals surface area contributed by atoms with Crippen LogP contribution in [0.15, 0.2) is 60.7 Å². The molecule has 0 bridgehead atoms. The number of thiophene rings is 1. The second-order valence-corrected chi connectivity index (χ2v) is 5.58. The van der Waals surface area contributed by atoms with Crippen LogP contribution in [0, 0.1) is 0 Å². The van der Waals surface area contributed by atoms with Crippen LogP contribution in [0.25, 0.3) is 0 Å². The standard InChI is InChI=1S/C7H9N3S2.C6H7N3OS.ClH.O.V/c1-5(9-10-7(8)11)6-3-2-4-12-6;7-6(11)9-8-4-5-2-1-3-10-5;;;/h2-4H,1H3,(H3,8,10,11);1-4H,(H3,7,9,11);1H;;/q;;;;+2/p-2/b9-5-;8-4-;;;. The quantitative estimate of drug-likeness (QED) is 0.305. The van der Waals surface area contributed by atoms with E-state index in [1.54, 1.807) is 29.7 Å². The van der Waals surface area contributed by atoms with Crippen molar-refractivity contribution >= 4 is 71.3 Å². The van der Waals surface area contributed by atoms with E-state index < -0.39 is 0 Å². The first-order valence-electron chi connectivity index (χ1n) is 6.33. The van der Waals surface area contributed by atoms with Crippen molar-refractivity contribution in [1.82, 2.24) is 0 Å². The van der Waals surface area contributed by atoms with Crippen LogP contribution in [-0.4, -0.2) is 22.3 Å². The van der Waals surface area contributed by atoms with E-state index in [2.05, 4.69) is 45.7 Å². The molecule has 2 heterocycles. The maximum atomic E-state index is 8.19. The molecule has 0 saturated heterocycles. The third-order valence-corrected chi connectivity index (χ3v) is 3.20. The molecule has 2 aromatic heterocycles. The average Bonchev–Trinajstić information content (AvgIpc) is 3.28. The first-order valence-corrected chi connectivity index (χ1v) is 8.59. The molecule has 139 valence electrons. The van der Waals surface area contributed by atoms with Crippen LogP contribution in [0.3, 0.4) is 0 Å². The zero-order chi connectivity index (χ0) is 19.1. The average molecular weight is 470 g/mol. The van der Waals surface area contributed by atoms with Crippen molar-refractivity contribution in [2.75, 3.05) is 0 Å². The van der Waals surface area contributed by atoms with E-state index >= 15 is 0 Å². The van der Waals surface area contributed by atoms with E-state index in [1.165, 1.54) is 6.21 Å². The van der Waals surface area contributed by atoms with Gasteiger partial charge in [0.2, 0.25) is 0 Å². The van der Waals surface area contributed by atoms with E-state index in [-0.39, 0.29) is 22.7 Å². The zero-order valence-electron chi connectivity index (χ0n) is 13.4. The number of amidine groups is 2. The Morgan fingerprint density at radius 3 is 2.27 bits per heavy atom. The third kappa shape index (κ3) is 13.6. The summed E-state index contributed by atoms with van der Waals surface area (Å²) in [6, 6.07) is 7.43. The van der Waals surface area contributed by atoms with Gasteiger partial charge in [-0.1, -0.05) is 6.07 Å². The van der Waals surface area contributed by atoms with Gasteiger partial charge < -0.3 is 41.1 Å². The van der Waals surface area contributed by atoms with Gasteiger partial charge in [0.1, 0.15) is 5.76 Å². The van der Waals surface area contributed by atoms with Crippen LogP contribution in [0.2, 0.25) is 0 Å². The van der Waals surface area contributed by atoms with Gasteiger partial charge >= 0.3 is 21.0 Å². The van der Waals surface area contributed by atoms with Crippen LogP contribution < -0.4 is 11.5 Å². The Hall–Kier alpha value is -1.63. The SMILES string of the molecule is C/C(=N/N=C(/N)[S-])c1cccs1.Cl.N/C([S-])=N/N=C\c1ccco1.[O]=[V+2]. The summed E-state index contributed by atoms with van der Waals surface area (Å²) in [5.41, 5.74) is 11.0. The van der Waals surface area contributed by atoms with E-state index in [4.69, 9.17) is 19.6 Å². The summed E-state index contributed by atoms with van der Waals surface area (Å²) in [5.74, 6) is 0.616. The monoisotopic (exact) mass is 469 g/mol. The fourth-order valence-electron chi connectivity index (χ4n) is 1.17. The number of halogens is 1. The molecule has 13 heteroatoms. The number of nitrogens with two attached hydrogens (primary N) is 2. The van der Waals surface area contributed by atoms with E-state index in [1.807, 2.05) is 24.4 Å². The second kappa shape index (κ2) is 16.8. The first-order chi connectivity index (χ1) is 12.0. The molecule has 4 N–H and O–H groups in total. The van der Waals surface area contributed by atoms with E-state index in [0.717, 1.165) is 28.0 Å². The molecule has 0 unspecified atom stereocenters. The Morgan fingerprint density at radius 2 is 1.81 bits per heavy atom. The van der Waals surface area contributed by atoms with Crippen LogP contribution >= 0.6 is 23.7 Å². The number of furan rings is 1. The Morgan fingerprint density at radius 1 is 1.15 bits per heavy atom. The van der Waals surface area contributed by atoms with Crippen molar-refractivity contribution < 1.29 is 25.5 Å². The summed E-state index contributed by atoms with van der Waals surface area (Å²) in [4.78, 5) is 1.08. The zero-order valence-corrected chi connectivity index (χ0v) is 18.0. The first kappa shape index (κ1) is 26.6. The number of nitrogens with zero attached hydrogens (tertiary/aromatic N) is 4. The fraction of sp³-hybridized carbons (Fsp3) is 0.0769. The maximum absolute atomic E-state index is 8.19. The van der Waals surface area contributed by atoms with Gasteiger partial charge in [-0.15, -0.1) is 23.7 Å². The molecular formula is C13H15ClN6O2S3V. The van der Waals surface area contributed by atoms with Gasteiger partial charge in [-0.3, -0.25) is 0 Å². The molecule has 2 rings (SSSR count). The van der Waals surface area contributed by atoms with Crippen molar-refractivity contribution in [3.05, 3.63) is 46.5 Å². The molecule has 2 aromatic rings. The molecule has 0 amide bonds. The van der Waals surface area contributed by atoms with Gasteiger partial charge in [-0.05, 0) is 40.8 Å². The summed E-state index contributed by atoms with van der Waals surface area (Å²) < 4.78 is 13.1. The summed E-state index contributed by atoms with van der Waals surface area (Å²) >= 11 is 11.7. The normalized spacial score (nSPS) is 11.7. The van der Waals surface area contributed by atoms with Crippen molar-refractivity contribution in [3.8, 4) is 0 Å². The number of hydrogen-bond donors (Lipinski definition) is 2. The van der Waals surface area contributed by atoms with Gasteiger partial charge in [-0.25, -0.2) is 0 Å². The Kier molecular flexibility index (Phi) is 17.2. The summed E-state index contributed by atoms with van der Waals surface area (Å²) in [5, 5.41) is 16.5. The van der Waals surface area contributed by atoms with Crippen LogP contribution in [0.4, 0.5) is 0 Å². The molecule has 0 aliphatic rings. The molecule has 0 fully saturated rings. The van der Waals surface area contributed by atoms with E-state index in [0.29, 0.717) is 5.76 Å². The Balaban J connectivity index is 0. The van der Waals surface area contributed by atoms with Crippen LogP contribution in [0.1, 0.15) is 17.6 Å². The van der Waals surface area contributed by atoms with Crippen molar-refractivity contribution in [2.24, 2.45) is 31.9 Å². The van der Waals surface area contributed by atoms with Gasteiger partial charge in [0, 0.05) is 0 Å². The third-order valence-electron chi connectivity index (χ3n) is 2.06. The van der Waals surface area contributed by atoms with E-state index in [9.17, 15) is 0 Å². The van der Waals surface area contributed by atoms with Gasteiger partial charge in [-0.2, -0.15) is 20.4 Å². The topological polar surface area (TPSA) is 132 Å². The van der Waals surface area contributed by atoms with Gasteiger partial charge in [0.25, 0.3) is 0 Å². The molecule has 0 radical (unpaired) electrons. The summed E-state index contributed by atoms with van der Waals surface area (Å²) in [6.07, 6.45) is 2.97. The second-order valence-electron chi connectivity index (χ2n) is 3.80. The molecule has 26 heavy (non-hydrogen) atoms. The van der Waals surface area contributed by atoms with Crippen LogP contribution in [-0.2, 0) is 46.3 Å². The minimum absolute atomic E-state index is 0. The molecule has 0 aliphatic carbocycles. The molecule has 0 aliphatic heterocycles. The number of hydrogen-bond acceptors (Lipinski definition) is 9. The summed E-state index contributed by atoms with van der Waals surface area (Å²) in [6.45, 7) is 1.87. The molecule has 8 nitrogen and oxygen atoms in total. The molecular weight excluding hydrogens is 455 g/mol. The van der Waals surface area contributed by atoms with Crippen molar-refractivity contribution in [1.29, 1.82) is 0 Å². The number of rotatable bonds is 4. The van der Waals surface area contributed by atoms with Crippen LogP contribution in [0.5, 0.6) is 0 Å². The molecule has 0 atom stereocenters. The molecule has 0 spiro atoms. The van der Waals surface area contributed by atoms with Crippen molar-refractivity contribution in [3.63, 3.8) is 0 Å². The Bertz CT molecular complexity index is 712.